The first-order chi connectivity index (χ1) is 14.9. The monoisotopic (exact) mass is 478 g/mol. The molecule has 0 radical (unpaired) electrons. The highest BCUT2D eigenvalue weighted by Gasteiger charge is 2.22. The molecular weight excluding hydrogens is 459 g/mol. The minimum atomic E-state index is -0.500. The van der Waals surface area contributed by atoms with Gasteiger partial charge in [0, 0.05) is 16.8 Å². The fourth-order valence-corrected chi connectivity index (χ4v) is 3.36. The molecule has 0 amide bonds. The van der Waals surface area contributed by atoms with Crippen molar-refractivity contribution in [3.63, 3.8) is 0 Å². The Kier molecular flexibility index (Phi) is 6.99. The fraction of sp³-hybridized carbons (Fsp3) is 0.250. The normalized spacial score (nSPS) is 11.8. The van der Waals surface area contributed by atoms with Gasteiger partial charge in [0.15, 0.2) is 0 Å². The summed E-state index contributed by atoms with van der Waals surface area (Å²) in [6.07, 6.45) is 4.36. The Morgan fingerprint density at radius 1 is 1.25 bits per heavy atom. The summed E-state index contributed by atoms with van der Waals surface area (Å²) in [7, 11) is 1.46. The van der Waals surface area contributed by atoms with E-state index in [1.165, 1.54) is 42.5 Å². The van der Waals surface area contributed by atoms with Crippen molar-refractivity contribution in [2.45, 2.75) is 19.9 Å². The van der Waals surface area contributed by atoms with Gasteiger partial charge >= 0.3 is 5.97 Å². The summed E-state index contributed by atoms with van der Waals surface area (Å²) in [4.78, 5) is 20.7. The largest absolute Gasteiger partial charge is 0.479 e. The Morgan fingerprint density at radius 3 is 2.75 bits per heavy atom. The highest BCUT2D eigenvalue weighted by atomic mass is 35.5. The lowest BCUT2D eigenvalue weighted by Crippen LogP contribution is -2.12. The summed E-state index contributed by atoms with van der Waals surface area (Å²) in [5.41, 5.74) is 1.58. The molecule has 12 heteroatoms. The van der Waals surface area contributed by atoms with E-state index in [0.29, 0.717) is 21.6 Å². The lowest BCUT2D eigenvalue weighted by atomic mass is 10.1. The quantitative estimate of drug-likeness (QED) is 0.389. The number of rotatable bonds is 6. The summed E-state index contributed by atoms with van der Waals surface area (Å²) in [5.74, 6) is -0.493. The van der Waals surface area contributed by atoms with E-state index in [4.69, 9.17) is 21.1 Å². The van der Waals surface area contributed by atoms with Gasteiger partial charge in [0.05, 0.1) is 37.7 Å². The van der Waals surface area contributed by atoms with Gasteiger partial charge in [0.2, 0.25) is 5.88 Å². The Labute approximate surface area is 194 Å². The van der Waals surface area contributed by atoms with E-state index in [9.17, 15) is 9.18 Å². The number of carbonyl (C=O) groups is 1. The van der Waals surface area contributed by atoms with Gasteiger partial charge in [-0.1, -0.05) is 11.6 Å². The van der Waals surface area contributed by atoms with Crippen molar-refractivity contribution in [3.05, 3.63) is 58.8 Å². The van der Waals surface area contributed by atoms with Crippen molar-refractivity contribution < 1.29 is 18.7 Å². The molecule has 0 fully saturated rings. The highest BCUT2D eigenvalue weighted by Crippen LogP contribution is 2.30. The maximum atomic E-state index is 14.4. The van der Waals surface area contributed by atoms with Crippen LogP contribution in [0.4, 0.5) is 4.39 Å². The van der Waals surface area contributed by atoms with Crippen molar-refractivity contribution in [1.82, 2.24) is 29.5 Å². The third kappa shape index (κ3) is 4.26. The molecule has 1 atom stereocenters. The molecule has 3 heterocycles. The van der Waals surface area contributed by atoms with Gasteiger partial charge in [0.1, 0.15) is 16.9 Å². The first-order valence-electron chi connectivity index (χ1n) is 9.39. The molecule has 3 aromatic heterocycles. The van der Waals surface area contributed by atoms with Crippen LogP contribution in [-0.2, 0) is 4.74 Å². The van der Waals surface area contributed by atoms with Gasteiger partial charge in [-0.05, 0) is 32.0 Å². The number of benzene rings is 1. The van der Waals surface area contributed by atoms with E-state index < -0.39 is 17.8 Å². The minimum absolute atomic E-state index is 0. The van der Waals surface area contributed by atoms with Gasteiger partial charge in [-0.15, -0.1) is 0 Å². The predicted molar refractivity (Wildman–Crippen MR) is 121 cm³/mol. The van der Waals surface area contributed by atoms with E-state index >= 15 is 0 Å². The maximum absolute atomic E-state index is 14.4. The third-order valence-electron chi connectivity index (χ3n) is 4.67. The summed E-state index contributed by atoms with van der Waals surface area (Å²) in [5, 5.41) is 8.91. The molecule has 0 bridgehead atoms. The number of aromatic nitrogens is 6. The van der Waals surface area contributed by atoms with Crippen LogP contribution in [0.1, 0.15) is 35.8 Å². The van der Waals surface area contributed by atoms with Crippen molar-refractivity contribution in [1.29, 1.82) is 0 Å². The summed E-state index contributed by atoms with van der Waals surface area (Å²) < 4.78 is 27.7. The average molecular weight is 479 g/mol. The fourth-order valence-electron chi connectivity index (χ4n) is 3.18. The molecule has 168 valence electrons. The van der Waals surface area contributed by atoms with Crippen LogP contribution in [0.3, 0.4) is 0 Å². The molecule has 0 saturated carbocycles. The minimum Gasteiger partial charge on any atom is -0.479 e. The number of nitrogens with zero attached hydrogens (tertiary/aromatic N) is 6. The number of hydrogen-bond acceptors (Lipinski definition) is 7. The molecule has 0 unspecified atom stereocenters. The van der Waals surface area contributed by atoms with Crippen LogP contribution in [0, 0.1) is 5.82 Å². The predicted octanol–water partition coefficient (Wildman–Crippen LogP) is 3.71. The molecule has 0 saturated heterocycles. The van der Waals surface area contributed by atoms with E-state index in [-0.39, 0.29) is 37.5 Å². The van der Waals surface area contributed by atoms with Crippen LogP contribution < -0.4 is 4.74 Å². The van der Waals surface area contributed by atoms with E-state index in [1.807, 2.05) is 0 Å². The zero-order chi connectivity index (χ0) is 22.1. The van der Waals surface area contributed by atoms with Crippen LogP contribution in [-0.4, -0.2) is 49.2 Å². The van der Waals surface area contributed by atoms with Crippen molar-refractivity contribution in [3.8, 4) is 11.8 Å². The molecule has 32 heavy (non-hydrogen) atoms. The second kappa shape index (κ2) is 9.53. The summed E-state index contributed by atoms with van der Waals surface area (Å²) in [6, 6.07) is 3.85. The number of carbonyl (C=O) groups excluding carboxylic acids is 1. The lowest BCUT2D eigenvalue weighted by Gasteiger charge is -2.16. The van der Waals surface area contributed by atoms with Crippen molar-refractivity contribution in [2.75, 3.05) is 13.7 Å². The van der Waals surface area contributed by atoms with Gasteiger partial charge in [-0.25, -0.2) is 18.9 Å². The second-order valence-corrected chi connectivity index (χ2v) is 7.03. The molecule has 0 N–H and O–H groups in total. The number of esters is 1. The van der Waals surface area contributed by atoms with Crippen LogP contribution in [0.5, 0.6) is 5.88 Å². The Hall–Kier alpha value is -3.18. The van der Waals surface area contributed by atoms with Crippen LogP contribution in [0.25, 0.3) is 17.0 Å². The van der Waals surface area contributed by atoms with Gasteiger partial charge in [0.25, 0.3) is 5.95 Å². The SMILES string of the molecule is CCOC(=O)c1cnn(-c2nc(OC)c3c(cnn3[C@@H](C)c3cc(Cl)ccc3F)n2)c1.S. The van der Waals surface area contributed by atoms with Crippen molar-refractivity contribution in [2.24, 2.45) is 0 Å². The Morgan fingerprint density at radius 2 is 2.03 bits per heavy atom. The number of ether oxygens (including phenoxy) is 2. The van der Waals surface area contributed by atoms with Crippen LogP contribution in [0.15, 0.2) is 36.8 Å². The summed E-state index contributed by atoms with van der Waals surface area (Å²) >= 11 is 6.04. The van der Waals surface area contributed by atoms with E-state index in [2.05, 4.69) is 20.2 Å². The zero-order valence-electron chi connectivity index (χ0n) is 17.4. The number of fused-ring (bicyclic) bond motifs is 1. The molecule has 4 aromatic rings. The standard InChI is InChI=1S/C20H18ClFN6O3.H2S/c1-4-31-19(29)12-8-23-27(10-12)20-25-16-9-24-28(17(16)18(26-20)30-3)11(2)14-7-13(21)5-6-15(14)22;/h5-11H,4H2,1-3H3;1H2/t11-;/m0./s1. The average Bonchev–Trinajstić information content (AvgIpc) is 3.42. The highest BCUT2D eigenvalue weighted by molar-refractivity contribution is 7.59. The molecule has 0 spiro atoms. The molecule has 0 aliphatic rings. The first kappa shape index (κ1) is 23.5. The lowest BCUT2D eigenvalue weighted by molar-refractivity contribution is 0.0526. The zero-order valence-corrected chi connectivity index (χ0v) is 19.2. The first-order valence-corrected chi connectivity index (χ1v) is 9.77. The van der Waals surface area contributed by atoms with Crippen LogP contribution >= 0.6 is 25.1 Å². The van der Waals surface area contributed by atoms with Crippen molar-refractivity contribution >= 4 is 42.1 Å². The molecule has 0 aliphatic carbocycles. The number of halogens is 2. The Bertz CT molecular complexity index is 1280. The number of methoxy groups -OCH3 is 1. The third-order valence-corrected chi connectivity index (χ3v) is 4.90. The summed E-state index contributed by atoms with van der Waals surface area (Å²) in [6.45, 7) is 3.76. The van der Waals surface area contributed by atoms with Gasteiger partial charge in [-0.3, -0.25) is 4.68 Å². The van der Waals surface area contributed by atoms with E-state index in [1.54, 1.807) is 24.6 Å². The molecule has 1 aromatic carbocycles. The molecular formula is C20H20ClFN6O3S. The topological polar surface area (TPSA) is 97.0 Å². The second-order valence-electron chi connectivity index (χ2n) is 6.59. The Balaban J connectivity index is 0.00000289. The molecule has 4 rings (SSSR count). The maximum Gasteiger partial charge on any atom is 0.341 e. The smallest absolute Gasteiger partial charge is 0.341 e. The van der Waals surface area contributed by atoms with Gasteiger partial charge in [-0.2, -0.15) is 28.7 Å². The van der Waals surface area contributed by atoms with E-state index in [0.717, 1.165) is 0 Å². The van der Waals surface area contributed by atoms with Crippen LogP contribution in [0.2, 0.25) is 5.02 Å². The number of hydrogen-bond donors (Lipinski definition) is 0. The molecule has 0 aliphatic heterocycles. The van der Waals surface area contributed by atoms with Gasteiger partial charge < -0.3 is 9.47 Å². The molecule has 9 nitrogen and oxygen atoms in total.